The average molecular weight is 300 g/mol. The van der Waals surface area contributed by atoms with Crippen LogP contribution in [0, 0.1) is 18.8 Å². The van der Waals surface area contributed by atoms with Gasteiger partial charge in [-0.25, -0.2) is 0 Å². The van der Waals surface area contributed by atoms with E-state index in [-0.39, 0.29) is 24.4 Å². The number of aryl methyl sites for hydroxylation is 1. The van der Waals surface area contributed by atoms with Crippen molar-refractivity contribution in [2.75, 3.05) is 0 Å². The molecule has 2 bridgehead atoms. The van der Waals surface area contributed by atoms with Gasteiger partial charge in [-0.1, -0.05) is 11.6 Å². The smallest absolute Gasteiger partial charge is 0.273 e. The van der Waals surface area contributed by atoms with E-state index in [0.717, 1.165) is 12.8 Å². The topological polar surface area (TPSA) is 81.2 Å². The maximum Gasteiger partial charge on any atom is 0.273 e. The zero-order chi connectivity index (χ0) is 13.4. The molecule has 2 saturated carbocycles. The maximum atomic E-state index is 12.2. The molecular weight excluding hydrogens is 278 g/mol. The predicted octanol–water partition coefficient (Wildman–Crippen LogP) is 2.04. The second-order valence-corrected chi connectivity index (χ2v) is 6.00. The summed E-state index contributed by atoms with van der Waals surface area (Å²) >= 11 is 0. The predicted molar refractivity (Wildman–Crippen MR) is 77.8 cm³/mol. The monoisotopic (exact) mass is 299 g/mol. The Balaban J connectivity index is 0.00000147. The number of nitrogens with zero attached hydrogens (tertiary/aromatic N) is 1. The van der Waals surface area contributed by atoms with Crippen molar-refractivity contribution in [1.82, 2.24) is 10.5 Å². The lowest BCUT2D eigenvalue weighted by Gasteiger charge is -2.45. The highest BCUT2D eigenvalue weighted by Crippen LogP contribution is 2.39. The molecule has 20 heavy (non-hydrogen) atoms. The Kier molecular flexibility index (Phi) is 4.70. The first-order valence-electron chi connectivity index (χ1n) is 7.13. The van der Waals surface area contributed by atoms with Crippen LogP contribution >= 0.6 is 12.4 Å². The molecule has 3 N–H and O–H groups in total. The Bertz CT molecular complexity index is 463. The van der Waals surface area contributed by atoms with E-state index in [2.05, 4.69) is 10.5 Å². The fourth-order valence-electron chi connectivity index (χ4n) is 3.72. The number of hydrogen-bond donors (Lipinski definition) is 2. The molecule has 2 aliphatic rings. The van der Waals surface area contributed by atoms with Gasteiger partial charge in [-0.15, -0.1) is 12.4 Å². The summed E-state index contributed by atoms with van der Waals surface area (Å²) in [4.78, 5) is 12.2. The van der Waals surface area contributed by atoms with E-state index < -0.39 is 0 Å². The molecule has 0 saturated heterocycles. The summed E-state index contributed by atoms with van der Waals surface area (Å²) in [5.74, 6) is 1.60. The number of hydrogen-bond acceptors (Lipinski definition) is 4. The van der Waals surface area contributed by atoms with Crippen LogP contribution in [0.5, 0.6) is 0 Å². The highest BCUT2D eigenvalue weighted by atomic mass is 35.5. The Morgan fingerprint density at radius 1 is 1.40 bits per heavy atom. The van der Waals surface area contributed by atoms with Crippen LogP contribution in [0.15, 0.2) is 10.6 Å². The van der Waals surface area contributed by atoms with E-state index in [9.17, 15) is 4.79 Å². The molecule has 0 aliphatic heterocycles. The fraction of sp³-hybridized carbons (Fsp3) is 0.714. The quantitative estimate of drug-likeness (QED) is 0.875. The number of amides is 1. The van der Waals surface area contributed by atoms with Crippen molar-refractivity contribution in [1.29, 1.82) is 0 Å². The molecule has 2 atom stereocenters. The second-order valence-electron chi connectivity index (χ2n) is 6.00. The van der Waals surface area contributed by atoms with Crippen LogP contribution in [0.1, 0.15) is 48.4 Å². The molecule has 1 aromatic heterocycles. The molecule has 2 aliphatic carbocycles. The maximum absolute atomic E-state index is 12.2. The van der Waals surface area contributed by atoms with Crippen LogP contribution < -0.4 is 11.1 Å². The summed E-state index contributed by atoms with van der Waals surface area (Å²) in [6, 6.07) is 2.25. The van der Waals surface area contributed by atoms with E-state index in [4.69, 9.17) is 10.3 Å². The van der Waals surface area contributed by atoms with Crippen molar-refractivity contribution in [3.63, 3.8) is 0 Å². The zero-order valence-corrected chi connectivity index (χ0v) is 12.5. The van der Waals surface area contributed by atoms with Gasteiger partial charge in [0.15, 0.2) is 5.69 Å². The summed E-state index contributed by atoms with van der Waals surface area (Å²) in [6.45, 7) is 1.79. The first-order valence-corrected chi connectivity index (χ1v) is 7.13. The van der Waals surface area contributed by atoms with Gasteiger partial charge in [0.1, 0.15) is 5.76 Å². The zero-order valence-electron chi connectivity index (χ0n) is 11.7. The van der Waals surface area contributed by atoms with Crippen molar-refractivity contribution in [2.24, 2.45) is 17.6 Å². The first kappa shape index (κ1) is 15.3. The molecule has 2 unspecified atom stereocenters. The molecule has 1 heterocycles. The second kappa shape index (κ2) is 6.14. The average Bonchev–Trinajstić information content (AvgIpc) is 2.77. The molecule has 2 fully saturated rings. The van der Waals surface area contributed by atoms with Gasteiger partial charge >= 0.3 is 0 Å². The Morgan fingerprint density at radius 2 is 2.05 bits per heavy atom. The van der Waals surface area contributed by atoms with Gasteiger partial charge < -0.3 is 15.6 Å². The van der Waals surface area contributed by atoms with Crippen LogP contribution in [0.4, 0.5) is 0 Å². The van der Waals surface area contributed by atoms with E-state index >= 15 is 0 Å². The minimum atomic E-state index is -0.116. The summed E-state index contributed by atoms with van der Waals surface area (Å²) in [5.41, 5.74) is 6.47. The summed E-state index contributed by atoms with van der Waals surface area (Å²) < 4.78 is 4.96. The summed E-state index contributed by atoms with van der Waals surface area (Å²) in [7, 11) is 0. The highest BCUT2D eigenvalue weighted by Gasteiger charge is 2.40. The third-order valence-corrected chi connectivity index (χ3v) is 4.53. The van der Waals surface area contributed by atoms with Crippen molar-refractivity contribution < 1.29 is 9.32 Å². The van der Waals surface area contributed by atoms with E-state index in [1.54, 1.807) is 13.0 Å². The molecular formula is C14H22ClN3O2. The molecule has 3 rings (SSSR count). The van der Waals surface area contributed by atoms with Crippen LogP contribution in [0.2, 0.25) is 0 Å². The number of fused-ring (bicyclic) bond motifs is 2. The number of nitrogens with two attached hydrogens (primary N) is 1. The number of carbonyl (C=O) groups is 1. The molecule has 1 amide bonds. The number of halogens is 1. The van der Waals surface area contributed by atoms with Crippen molar-refractivity contribution in [3.8, 4) is 0 Å². The van der Waals surface area contributed by atoms with Crippen LogP contribution in [0.25, 0.3) is 0 Å². The number of nitrogens with one attached hydrogen (secondary N) is 1. The SMILES string of the molecule is Cc1cc(C(=O)NC2C3CCCC2CC(N)C3)no1.Cl. The van der Waals surface area contributed by atoms with Crippen molar-refractivity contribution in [2.45, 2.75) is 51.1 Å². The van der Waals surface area contributed by atoms with Gasteiger partial charge in [-0.3, -0.25) is 4.79 Å². The Hall–Kier alpha value is -1.07. The minimum absolute atomic E-state index is 0. The molecule has 1 aromatic rings. The van der Waals surface area contributed by atoms with Crippen molar-refractivity contribution in [3.05, 3.63) is 17.5 Å². The van der Waals surface area contributed by atoms with Crippen LogP contribution in [0.3, 0.4) is 0 Å². The first-order chi connectivity index (χ1) is 9.13. The van der Waals surface area contributed by atoms with Gasteiger partial charge in [-0.05, 0) is 44.4 Å². The van der Waals surface area contributed by atoms with Gasteiger partial charge in [0.05, 0.1) is 0 Å². The molecule has 0 aromatic carbocycles. The standard InChI is InChI=1S/C14H21N3O2.ClH/c1-8-5-12(17-19-8)14(18)16-13-9-3-2-4-10(13)7-11(15)6-9;/h5,9-11,13H,2-4,6-7,15H2,1H3,(H,16,18);1H. The highest BCUT2D eigenvalue weighted by molar-refractivity contribution is 5.92. The summed E-state index contributed by atoms with van der Waals surface area (Å²) in [6.07, 6.45) is 5.66. The Labute approximate surface area is 125 Å². The van der Waals surface area contributed by atoms with Gasteiger partial charge in [0.25, 0.3) is 5.91 Å². The number of carbonyl (C=O) groups excluding carboxylic acids is 1. The van der Waals surface area contributed by atoms with Gasteiger partial charge in [-0.2, -0.15) is 0 Å². The third kappa shape index (κ3) is 2.99. The molecule has 0 radical (unpaired) electrons. The molecule has 6 heteroatoms. The molecule has 112 valence electrons. The van der Waals surface area contributed by atoms with Crippen LogP contribution in [-0.2, 0) is 0 Å². The lowest BCUT2D eigenvalue weighted by molar-refractivity contribution is 0.0748. The third-order valence-electron chi connectivity index (χ3n) is 4.53. The largest absolute Gasteiger partial charge is 0.361 e. The lowest BCUT2D eigenvalue weighted by atomic mass is 9.67. The van der Waals surface area contributed by atoms with Gasteiger partial charge in [0, 0.05) is 18.2 Å². The van der Waals surface area contributed by atoms with E-state index in [0.29, 0.717) is 29.3 Å². The minimum Gasteiger partial charge on any atom is -0.361 e. The summed E-state index contributed by atoms with van der Waals surface area (Å²) in [5, 5.41) is 6.93. The van der Waals surface area contributed by atoms with E-state index in [1.165, 1.54) is 19.3 Å². The number of aromatic nitrogens is 1. The normalized spacial score (nSPS) is 32.3. The Morgan fingerprint density at radius 3 is 2.60 bits per heavy atom. The molecule has 5 nitrogen and oxygen atoms in total. The van der Waals surface area contributed by atoms with Gasteiger partial charge in [0.2, 0.25) is 0 Å². The van der Waals surface area contributed by atoms with Crippen LogP contribution in [-0.4, -0.2) is 23.1 Å². The fourth-order valence-corrected chi connectivity index (χ4v) is 3.72. The molecule has 0 spiro atoms. The van der Waals surface area contributed by atoms with Crippen molar-refractivity contribution >= 4 is 18.3 Å². The van der Waals surface area contributed by atoms with E-state index in [1.807, 2.05) is 0 Å². The lowest BCUT2D eigenvalue weighted by Crippen LogP contribution is -2.53. The number of rotatable bonds is 2.